The number of nitrogens with zero attached hydrogens (tertiary/aromatic N) is 1. The molecule has 1 aliphatic heterocycles. The van der Waals surface area contributed by atoms with E-state index in [1.54, 1.807) is 0 Å². The van der Waals surface area contributed by atoms with Gasteiger partial charge in [0.05, 0.1) is 6.21 Å². The molecule has 7 nitrogen and oxygen atoms in total. The van der Waals surface area contributed by atoms with Crippen LogP contribution in [0.15, 0.2) is 5.10 Å². The Labute approximate surface area is 97.8 Å². The van der Waals surface area contributed by atoms with Crippen molar-refractivity contribution < 1.29 is 9.59 Å². The molecule has 0 unspecified atom stereocenters. The minimum atomic E-state index is -1.11. The monoisotopic (exact) mass is 243 g/mol. The molecule has 5 N–H and O–H groups in total. The van der Waals surface area contributed by atoms with Gasteiger partial charge in [-0.05, 0) is 18.6 Å². The Balaban J connectivity index is 2.81. The average Bonchev–Trinajstić information content (AvgIpc) is 2.42. The number of hydrazone groups is 1. The lowest BCUT2D eigenvalue weighted by molar-refractivity contribution is -0.121. The summed E-state index contributed by atoms with van der Waals surface area (Å²) in [5, 5.41) is 8.38. The van der Waals surface area contributed by atoms with Gasteiger partial charge in [0.2, 0.25) is 0 Å². The predicted molar refractivity (Wildman–Crippen MR) is 62.7 cm³/mol. The highest BCUT2D eigenvalue weighted by Crippen LogP contribution is 2.15. The fraction of sp³-hybridized carbons (Fsp3) is 0.500. The third-order valence-electron chi connectivity index (χ3n) is 2.07. The molecule has 0 aromatic heterocycles. The second-order valence-electron chi connectivity index (χ2n) is 3.36. The number of nitrogens with one attached hydrogen (secondary N) is 3. The Bertz CT molecular complexity index is 356. The zero-order chi connectivity index (χ0) is 12.2. The van der Waals surface area contributed by atoms with Crippen LogP contribution in [0.3, 0.4) is 0 Å². The number of carbonyl (C=O) groups is 2. The predicted octanol–water partition coefficient (Wildman–Crippen LogP) is -0.816. The number of carbonyl (C=O) groups excluding carboxylic acids is 2. The van der Waals surface area contributed by atoms with E-state index in [0.29, 0.717) is 12.8 Å². The third kappa shape index (κ3) is 2.66. The van der Waals surface area contributed by atoms with Crippen LogP contribution in [0.2, 0.25) is 0 Å². The molecule has 1 saturated heterocycles. The molecule has 1 atom stereocenters. The second kappa shape index (κ2) is 4.88. The number of hydrogen-bond acceptors (Lipinski definition) is 4. The van der Waals surface area contributed by atoms with Gasteiger partial charge in [-0.2, -0.15) is 5.10 Å². The highest BCUT2D eigenvalue weighted by molar-refractivity contribution is 7.80. The minimum absolute atomic E-state index is 0.00682. The first-order valence-electron chi connectivity index (χ1n) is 4.73. The van der Waals surface area contributed by atoms with Crippen molar-refractivity contribution >= 4 is 35.5 Å². The Hall–Kier alpha value is -1.70. The molecule has 0 aromatic rings. The summed E-state index contributed by atoms with van der Waals surface area (Å²) >= 11 is 4.55. The zero-order valence-electron chi connectivity index (χ0n) is 8.74. The van der Waals surface area contributed by atoms with Crippen LogP contribution in [0.25, 0.3) is 0 Å². The van der Waals surface area contributed by atoms with Crippen LogP contribution in [0.4, 0.5) is 4.79 Å². The molecule has 1 fully saturated rings. The standard InChI is InChI=1S/C8H13N5O2S/c1-2-3-8(4-10-13-6(9)16)5(14)11-7(15)12-8/h4H,2-3H2,1H3,(H3,9,13,16)(H2,11,12,14,15)/b10-4+/t8-/m0/s1. The molecule has 16 heavy (non-hydrogen) atoms. The molecule has 8 heteroatoms. The number of nitrogens with two attached hydrogens (primary N) is 1. The Morgan fingerprint density at radius 2 is 2.38 bits per heavy atom. The minimum Gasteiger partial charge on any atom is -0.375 e. The molecule has 88 valence electrons. The normalized spacial score (nSPS) is 24.3. The molecular formula is C8H13N5O2S. The molecule has 1 aliphatic rings. The Morgan fingerprint density at radius 1 is 1.69 bits per heavy atom. The molecule has 0 radical (unpaired) electrons. The fourth-order valence-electron chi connectivity index (χ4n) is 1.44. The van der Waals surface area contributed by atoms with Crippen LogP contribution in [-0.2, 0) is 4.79 Å². The van der Waals surface area contributed by atoms with E-state index in [2.05, 4.69) is 33.4 Å². The lowest BCUT2D eigenvalue weighted by Gasteiger charge is -2.19. The summed E-state index contributed by atoms with van der Waals surface area (Å²) in [5.41, 5.74) is 6.41. The van der Waals surface area contributed by atoms with E-state index >= 15 is 0 Å². The quantitative estimate of drug-likeness (QED) is 0.223. The first kappa shape index (κ1) is 12.4. The summed E-state index contributed by atoms with van der Waals surface area (Å²) in [7, 11) is 0. The van der Waals surface area contributed by atoms with Crippen LogP contribution in [0, 0.1) is 0 Å². The smallest absolute Gasteiger partial charge is 0.322 e. The molecule has 3 amide bonds. The van der Waals surface area contributed by atoms with E-state index < -0.39 is 17.5 Å². The molecule has 1 heterocycles. The number of imide groups is 1. The van der Waals surface area contributed by atoms with E-state index in [4.69, 9.17) is 5.73 Å². The van der Waals surface area contributed by atoms with Crippen LogP contribution in [0.5, 0.6) is 0 Å². The molecule has 0 spiro atoms. The highest BCUT2D eigenvalue weighted by atomic mass is 32.1. The van der Waals surface area contributed by atoms with Crippen LogP contribution < -0.4 is 21.8 Å². The van der Waals surface area contributed by atoms with E-state index in [-0.39, 0.29) is 5.11 Å². The van der Waals surface area contributed by atoms with Crippen molar-refractivity contribution in [3.05, 3.63) is 0 Å². The Morgan fingerprint density at radius 3 is 2.81 bits per heavy atom. The first-order chi connectivity index (χ1) is 7.50. The second-order valence-corrected chi connectivity index (χ2v) is 3.80. The van der Waals surface area contributed by atoms with Gasteiger partial charge >= 0.3 is 6.03 Å². The summed E-state index contributed by atoms with van der Waals surface area (Å²) < 4.78 is 0. The Kier molecular flexibility index (Phi) is 3.78. The molecule has 0 aromatic carbocycles. The van der Waals surface area contributed by atoms with Gasteiger partial charge in [-0.3, -0.25) is 15.5 Å². The summed E-state index contributed by atoms with van der Waals surface area (Å²) in [6.07, 6.45) is 2.47. The number of urea groups is 1. The van der Waals surface area contributed by atoms with Crippen molar-refractivity contribution in [2.45, 2.75) is 25.3 Å². The van der Waals surface area contributed by atoms with Crippen molar-refractivity contribution in [2.75, 3.05) is 0 Å². The zero-order valence-corrected chi connectivity index (χ0v) is 9.56. The van der Waals surface area contributed by atoms with Gasteiger partial charge in [0.25, 0.3) is 5.91 Å². The van der Waals surface area contributed by atoms with Gasteiger partial charge in [0, 0.05) is 0 Å². The summed E-state index contributed by atoms with van der Waals surface area (Å²) in [5.74, 6) is -0.423. The maximum atomic E-state index is 11.6. The summed E-state index contributed by atoms with van der Waals surface area (Å²) in [4.78, 5) is 22.7. The van der Waals surface area contributed by atoms with Gasteiger partial charge in [0.15, 0.2) is 10.7 Å². The fourth-order valence-corrected chi connectivity index (χ4v) is 1.49. The number of amides is 3. The third-order valence-corrected chi connectivity index (χ3v) is 2.16. The first-order valence-corrected chi connectivity index (χ1v) is 5.14. The maximum Gasteiger partial charge on any atom is 0.322 e. The topological polar surface area (TPSA) is 109 Å². The van der Waals surface area contributed by atoms with Gasteiger partial charge in [0.1, 0.15) is 0 Å². The summed E-state index contributed by atoms with van der Waals surface area (Å²) in [6, 6.07) is -0.528. The SMILES string of the molecule is CCC[C@@]1(/C=N/NC(N)=S)NC(=O)NC1=O. The molecule has 1 rings (SSSR count). The van der Waals surface area contributed by atoms with Gasteiger partial charge in [-0.25, -0.2) is 4.79 Å². The van der Waals surface area contributed by atoms with Crippen molar-refractivity contribution in [3.63, 3.8) is 0 Å². The van der Waals surface area contributed by atoms with Gasteiger partial charge < -0.3 is 11.1 Å². The molecular weight excluding hydrogens is 230 g/mol. The number of thiocarbonyl (C=S) groups is 1. The van der Waals surface area contributed by atoms with Crippen molar-refractivity contribution in [2.24, 2.45) is 10.8 Å². The largest absolute Gasteiger partial charge is 0.375 e. The number of rotatable bonds is 4. The van der Waals surface area contributed by atoms with Crippen molar-refractivity contribution in [1.82, 2.24) is 16.1 Å². The molecule has 0 saturated carbocycles. The van der Waals surface area contributed by atoms with Crippen LogP contribution >= 0.6 is 12.2 Å². The average molecular weight is 243 g/mol. The number of hydrogen-bond donors (Lipinski definition) is 4. The van der Waals surface area contributed by atoms with Crippen molar-refractivity contribution in [3.8, 4) is 0 Å². The molecule has 0 aliphatic carbocycles. The lowest BCUT2D eigenvalue weighted by Crippen LogP contribution is -2.49. The van der Waals surface area contributed by atoms with Gasteiger partial charge in [-0.1, -0.05) is 13.3 Å². The van der Waals surface area contributed by atoms with Gasteiger partial charge in [-0.15, -0.1) is 0 Å². The summed E-state index contributed by atoms with van der Waals surface area (Å²) in [6.45, 7) is 1.90. The van der Waals surface area contributed by atoms with E-state index in [1.807, 2.05) is 6.92 Å². The van der Waals surface area contributed by atoms with Crippen LogP contribution in [-0.4, -0.2) is 28.8 Å². The highest BCUT2D eigenvalue weighted by Gasteiger charge is 2.44. The van der Waals surface area contributed by atoms with Crippen molar-refractivity contribution in [1.29, 1.82) is 0 Å². The van der Waals surface area contributed by atoms with E-state index in [0.717, 1.165) is 0 Å². The van der Waals surface area contributed by atoms with Crippen LogP contribution in [0.1, 0.15) is 19.8 Å². The van der Waals surface area contributed by atoms with E-state index in [1.165, 1.54) is 6.21 Å². The lowest BCUT2D eigenvalue weighted by atomic mass is 9.96. The maximum absolute atomic E-state index is 11.6. The van der Waals surface area contributed by atoms with E-state index in [9.17, 15) is 9.59 Å². The molecule has 0 bridgehead atoms.